The molecule has 1 aromatic heterocycles. The van der Waals surface area contributed by atoms with Gasteiger partial charge < -0.3 is 24.5 Å². The summed E-state index contributed by atoms with van der Waals surface area (Å²) in [7, 11) is 0. The molecule has 0 fully saturated rings. The van der Waals surface area contributed by atoms with Crippen molar-refractivity contribution < 1.29 is 23.5 Å². The first-order chi connectivity index (χ1) is 15.1. The minimum atomic E-state index is -0.764. The van der Waals surface area contributed by atoms with Crippen LogP contribution >= 0.6 is 0 Å². The summed E-state index contributed by atoms with van der Waals surface area (Å²) in [5.41, 5.74) is 1.82. The molecular formula is C24H24N2O5. The van der Waals surface area contributed by atoms with Crippen molar-refractivity contribution in [2.45, 2.75) is 25.4 Å². The molecule has 1 aliphatic heterocycles. The molecule has 2 atom stereocenters. The first kappa shape index (κ1) is 20.5. The van der Waals surface area contributed by atoms with Crippen LogP contribution in [0.1, 0.15) is 34.6 Å². The predicted octanol–water partition coefficient (Wildman–Crippen LogP) is 3.27. The van der Waals surface area contributed by atoms with Gasteiger partial charge in [-0.3, -0.25) is 9.59 Å². The summed E-state index contributed by atoms with van der Waals surface area (Å²) in [6.45, 7) is 2.90. The van der Waals surface area contributed by atoms with Gasteiger partial charge in [0.1, 0.15) is 19.3 Å². The molecule has 0 radical (unpaired) electrons. The van der Waals surface area contributed by atoms with Crippen LogP contribution in [0.25, 0.3) is 0 Å². The number of amides is 2. The van der Waals surface area contributed by atoms with E-state index < -0.39 is 11.9 Å². The van der Waals surface area contributed by atoms with Crippen LogP contribution in [0, 0.1) is 0 Å². The molecule has 0 spiro atoms. The summed E-state index contributed by atoms with van der Waals surface area (Å²) >= 11 is 0. The van der Waals surface area contributed by atoms with Gasteiger partial charge >= 0.3 is 0 Å². The summed E-state index contributed by atoms with van der Waals surface area (Å²) in [6, 6.07) is 17.3. The molecule has 0 bridgehead atoms. The van der Waals surface area contributed by atoms with E-state index >= 15 is 0 Å². The molecule has 2 aromatic carbocycles. The van der Waals surface area contributed by atoms with Gasteiger partial charge in [-0.1, -0.05) is 36.4 Å². The van der Waals surface area contributed by atoms with Crippen molar-refractivity contribution in [2.24, 2.45) is 0 Å². The Morgan fingerprint density at radius 1 is 0.935 bits per heavy atom. The van der Waals surface area contributed by atoms with Crippen molar-refractivity contribution >= 4 is 11.8 Å². The lowest BCUT2D eigenvalue weighted by Crippen LogP contribution is -2.48. The van der Waals surface area contributed by atoms with E-state index in [0.717, 1.165) is 11.1 Å². The number of benzene rings is 2. The van der Waals surface area contributed by atoms with E-state index in [9.17, 15) is 9.59 Å². The highest BCUT2D eigenvalue weighted by Gasteiger charge is 2.25. The van der Waals surface area contributed by atoms with Crippen LogP contribution in [-0.2, 0) is 11.2 Å². The third-order valence-electron chi connectivity index (χ3n) is 5.07. The van der Waals surface area contributed by atoms with Gasteiger partial charge in [-0.25, -0.2) is 0 Å². The second-order valence-corrected chi connectivity index (χ2v) is 7.33. The van der Waals surface area contributed by atoms with E-state index in [-0.39, 0.29) is 17.7 Å². The molecule has 3 aromatic rings. The van der Waals surface area contributed by atoms with Crippen LogP contribution in [-0.4, -0.2) is 31.1 Å². The predicted molar refractivity (Wildman–Crippen MR) is 114 cm³/mol. The highest BCUT2D eigenvalue weighted by atomic mass is 16.6. The zero-order chi connectivity index (χ0) is 21.6. The normalized spacial score (nSPS) is 14.4. The fourth-order valence-electron chi connectivity index (χ4n) is 3.42. The Hall–Kier alpha value is -3.74. The highest BCUT2D eigenvalue weighted by molar-refractivity contribution is 5.95. The van der Waals surface area contributed by atoms with Crippen molar-refractivity contribution in [2.75, 3.05) is 13.2 Å². The number of rotatable bonds is 7. The monoisotopic (exact) mass is 420 g/mol. The Kier molecular flexibility index (Phi) is 6.21. The third kappa shape index (κ3) is 5.06. The molecule has 2 heterocycles. The number of nitrogens with one attached hydrogen (secondary N) is 2. The average molecular weight is 420 g/mol. The Labute approximate surface area is 180 Å². The van der Waals surface area contributed by atoms with Crippen LogP contribution in [0.2, 0.25) is 0 Å². The van der Waals surface area contributed by atoms with Crippen LogP contribution in [0.4, 0.5) is 0 Å². The summed E-state index contributed by atoms with van der Waals surface area (Å²) in [4.78, 5) is 25.6. The van der Waals surface area contributed by atoms with Gasteiger partial charge in [0.05, 0.1) is 12.3 Å². The molecule has 7 heteroatoms. The Balaban J connectivity index is 1.48. The lowest BCUT2D eigenvalue weighted by Gasteiger charge is -2.23. The van der Waals surface area contributed by atoms with Gasteiger partial charge in [-0.05, 0) is 42.3 Å². The fourth-order valence-corrected chi connectivity index (χ4v) is 3.42. The molecule has 31 heavy (non-hydrogen) atoms. The summed E-state index contributed by atoms with van der Waals surface area (Å²) < 4.78 is 16.3. The summed E-state index contributed by atoms with van der Waals surface area (Å²) in [5.74, 6) is 0.794. The van der Waals surface area contributed by atoms with Crippen LogP contribution in [0.3, 0.4) is 0 Å². The quantitative estimate of drug-likeness (QED) is 0.612. The van der Waals surface area contributed by atoms with Gasteiger partial charge in [0, 0.05) is 6.42 Å². The number of furan rings is 1. The topological polar surface area (TPSA) is 89.8 Å². The highest BCUT2D eigenvalue weighted by Crippen LogP contribution is 2.32. The number of carbonyl (C=O) groups excluding carboxylic acids is 2. The molecule has 0 saturated heterocycles. The first-order valence-corrected chi connectivity index (χ1v) is 10.2. The van der Waals surface area contributed by atoms with Crippen LogP contribution in [0.15, 0.2) is 71.3 Å². The smallest absolute Gasteiger partial charge is 0.287 e. The molecule has 160 valence electrons. The third-order valence-corrected chi connectivity index (χ3v) is 5.07. The average Bonchev–Trinajstić information content (AvgIpc) is 3.34. The Morgan fingerprint density at radius 2 is 1.71 bits per heavy atom. The lowest BCUT2D eigenvalue weighted by atomic mass is 10.0. The number of carbonyl (C=O) groups is 2. The van der Waals surface area contributed by atoms with Crippen LogP contribution < -0.4 is 20.1 Å². The minimum Gasteiger partial charge on any atom is -0.486 e. The van der Waals surface area contributed by atoms with E-state index in [1.807, 2.05) is 55.5 Å². The molecule has 0 saturated carbocycles. The maximum atomic E-state index is 13.1. The molecule has 7 nitrogen and oxygen atoms in total. The maximum absolute atomic E-state index is 13.1. The van der Waals surface area contributed by atoms with Gasteiger partial charge in [-0.2, -0.15) is 0 Å². The van der Waals surface area contributed by atoms with Crippen molar-refractivity contribution in [3.63, 3.8) is 0 Å². The van der Waals surface area contributed by atoms with Crippen molar-refractivity contribution in [3.05, 3.63) is 83.8 Å². The molecule has 4 rings (SSSR count). The summed E-state index contributed by atoms with van der Waals surface area (Å²) in [5, 5.41) is 5.78. The van der Waals surface area contributed by atoms with Crippen LogP contribution in [0.5, 0.6) is 11.5 Å². The Bertz CT molecular complexity index is 1030. The maximum Gasteiger partial charge on any atom is 0.287 e. The minimum absolute atomic E-state index is 0.158. The number of hydrogen-bond donors (Lipinski definition) is 2. The SMILES string of the molecule is C[C@@H](NC(=O)[C@@H](Cc1ccccc1)NC(=O)c1ccco1)c1ccc2c(c1)OCCO2. The zero-order valence-corrected chi connectivity index (χ0v) is 17.2. The second-order valence-electron chi connectivity index (χ2n) is 7.33. The largest absolute Gasteiger partial charge is 0.486 e. The molecule has 0 aliphatic carbocycles. The molecule has 2 N–H and O–H groups in total. The van der Waals surface area contributed by atoms with Gasteiger partial charge in [0.25, 0.3) is 5.91 Å². The molecule has 0 unspecified atom stereocenters. The second kappa shape index (κ2) is 9.38. The fraction of sp³-hybridized carbons (Fsp3) is 0.250. The van der Waals surface area contributed by atoms with E-state index in [1.54, 1.807) is 12.1 Å². The standard InChI is InChI=1S/C24H24N2O5/c1-16(18-9-10-20-22(15-18)31-13-12-30-20)25-23(27)19(14-17-6-3-2-4-7-17)26-24(28)21-8-5-11-29-21/h2-11,15-16,19H,12-14H2,1H3,(H,25,27)(H,26,28)/t16-,19-/m1/s1. The van der Waals surface area contributed by atoms with Crippen molar-refractivity contribution in [1.29, 1.82) is 0 Å². The van der Waals surface area contributed by atoms with E-state index in [0.29, 0.717) is 31.1 Å². The number of fused-ring (bicyclic) bond motifs is 1. The number of hydrogen-bond acceptors (Lipinski definition) is 5. The lowest BCUT2D eigenvalue weighted by molar-refractivity contribution is -0.123. The van der Waals surface area contributed by atoms with Crippen molar-refractivity contribution in [1.82, 2.24) is 10.6 Å². The molecule has 1 aliphatic rings. The van der Waals surface area contributed by atoms with E-state index in [1.165, 1.54) is 6.26 Å². The Morgan fingerprint density at radius 3 is 2.45 bits per heavy atom. The molecule has 2 amide bonds. The molecular weight excluding hydrogens is 396 g/mol. The number of ether oxygens (including phenoxy) is 2. The van der Waals surface area contributed by atoms with Gasteiger partial charge in [0.2, 0.25) is 5.91 Å². The van der Waals surface area contributed by atoms with Gasteiger partial charge in [0.15, 0.2) is 17.3 Å². The van der Waals surface area contributed by atoms with Gasteiger partial charge in [-0.15, -0.1) is 0 Å². The van der Waals surface area contributed by atoms with Crippen molar-refractivity contribution in [3.8, 4) is 11.5 Å². The van der Waals surface area contributed by atoms with E-state index in [2.05, 4.69) is 10.6 Å². The zero-order valence-electron chi connectivity index (χ0n) is 17.2. The summed E-state index contributed by atoms with van der Waals surface area (Å²) in [6.07, 6.45) is 1.78. The van der Waals surface area contributed by atoms with E-state index in [4.69, 9.17) is 13.9 Å². The first-order valence-electron chi connectivity index (χ1n) is 10.2.